The van der Waals surface area contributed by atoms with Crippen molar-refractivity contribution in [3.05, 3.63) is 52.8 Å². The first-order valence-electron chi connectivity index (χ1n) is 6.43. The second-order valence-corrected chi connectivity index (χ2v) is 4.76. The number of ether oxygens (including phenoxy) is 1. The molecule has 3 heteroatoms. The average molecular weight is 257 g/mol. The Kier molecular flexibility index (Phi) is 4.05. The minimum absolute atomic E-state index is 0.595. The normalized spacial score (nSPS) is 10.5. The summed E-state index contributed by atoms with van der Waals surface area (Å²) < 4.78 is 7.85. The van der Waals surface area contributed by atoms with Crippen LogP contribution in [0, 0.1) is 20.8 Å². The molecule has 0 aliphatic heterocycles. The Labute approximate surface area is 113 Å². The fraction of sp³-hybridized carbons (Fsp3) is 0.312. The Morgan fingerprint density at radius 3 is 2.63 bits per heavy atom. The number of aldehydes is 1. The van der Waals surface area contributed by atoms with Gasteiger partial charge in [-0.1, -0.05) is 12.1 Å². The van der Waals surface area contributed by atoms with Crippen LogP contribution >= 0.6 is 0 Å². The molecule has 0 aliphatic carbocycles. The maximum atomic E-state index is 10.9. The summed E-state index contributed by atoms with van der Waals surface area (Å²) in [4.78, 5) is 10.9. The summed E-state index contributed by atoms with van der Waals surface area (Å²) in [6.07, 6.45) is 0.903. The third-order valence-electron chi connectivity index (χ3n) is 3.31. The van der Waals surface area contributed by atoms with Crippen molar-refractivity contribution in [2.45, 2.75) is 27.3 Å². The zero-order valence-corrected chi connectivity index (χ0v) is 11.6. The van der Waals surface area contributed by atoms with Gasteiger partial charge in [0, 0.05) is 17.0 Å². The molecule has 0 saturated carbocycles. The van der Waals surface area contributed by atoms with Crippen LogP contribution in [0.5, 0.6) is 5.75 Å². The highest BCUT2D eigenvalue weighted by Crippen LogP contribution is 2.15. The molecule has 0 spiro atoms. The molecule has 1 aromatic carbocycles. The van der Waals surface area contributed by atoms with Gasteiger partial charge in [-0.05, 0) is 44.5 Å². The molecule has 0 aliphatic rings. The molecule has 0 N–H and O–H groups in total. The Morgan fingerprint density at radius 2 is 2.00 bits per heavy atom. The van der Waals surface area contributed by atoms with Crippen molar-refractivity contribution in [1.82, 2.24) is 4.57 Å². The predicted molar refractivity (Wildman–Crippen MR) is 76.0 cm³/mol. The largest absolute Gasteiger partial charge is 0.492 e. The maximum absolute atomic E-state index is 10.9. The number of nitrogens with zero attached hydrogens (tertiary/aromatic N) is 1. The van der Waals surface area contributed by atoms with Gasteiger partial charge in [-0.3, -0.25) is 4.79 Å². The number of carbonyl (C=O) groups is 1. The molecule has 0 radical (unpaired) electrons. The minimum atomic E-state index is 0.595. The minimum Gasteiger partial charge on any atom is -0.492 e. The summed E-state index contributed by atoms with van der Waals surface area (Å²) in [6, 6.07) is 9.92. The standard InChI is InChI=1S/C16H19NO2/c1-12-5-4-6-16(9-12)19-8-7-17-13(2)10-15(11-18)14(17)3/h4-6,9-11H,7-8H2,1-3H3. The van der Waals surface area contributed by atoms with Crippen molar-refractivity contribution >= 4 is 6.29 Å². The van der Waals surface area contributed by atoms with Gasteiger partial charge in [-0.2, -0.15) is 0 Å². The molecule has 19 heavy (non-hydrogen) atoms. The number of aryl methyl sites for hydroxylation is 2. The molecule has 1 aromatic heterocycles. The van der Waals surface area contributed by atoms with Crippen molar-refractivity contribution in [1.29, 1.82) is 0 Å². The van der Waals surface area contributed by atoms with Crippen molar-refractivity contribution < 1.29 is 9.53 Å². The van der Waals surface area contributed by atoms with Crippen LogP contribution in [0.4, 0.5) is 0 Å². The fourth-order valence-electron chi connectivity index (χ4n) is 2.25. The molecule has 0 amide bonds. The molecule has 0 bridgehead atoms. The number of aromatic nitrogens is 1. The van der Waals surface area contributed by atoms with Crippen molar-refractivity contribution in [3.63, 3.8) is 0 Å². The van der Waals surface area contributed by atoms with E-state index in [1.165, 1.54) is 5.56 Å². The second kappa shape index (κ2) is 5.74. The van der Waals surface area contributed by atoms with Crippen LogP contribution in [0.25, 0.3) is 0 Å². The number of benzene rings is 1. The molecule has 100 valence electrons. The molecule has 0 unspecified atom stereocenters. The summed E-state index contributed by atoms with van der Waals surface area (Å²) >= 11 is 0. The summed E-state index contributed by atoms with van der Waals surface area (Å²) in [6.45, 7) is 7.36. The molecule has 0 atom stereocenters. The lowest BCUT2D eigenvalue weighted by molar-refractivity contribution is 0.112. The third kappa shape index (κ3) is 3.05. The summed E-state index contributed by atoms with van der Waals surface area (Å²) in [7, 11) is 0. The van der Waals surface area contributed by atoms with Gasteiger partial charge >= 0.3 is 0 Å². The Hall–Kier alpha value is -2.03. The Bertz CT molecular complexity index is 584. The molecule has 0 fully saturated rings. The highest BCUT2D eigenvalue weighted by atomic mass is 16.5. The first-order valence-corrected chi connectivity index (χ1v) is 6.43. The van der Waals surface area contributed by atoms with E-state index in [0.717, 1.165) is 35.5 Å². The van der Waals surface area contributed by atoms with E-state index in [9.17, 15) is 4.79 Å². The molecule has 3 nitrogen and oxygen atoms in total. The highest BCUT2D eigenvalue weighted by Gasteiger charge is 2.07. The molecular formula is C16H19NO2. The molecule has 0 saturated heterocycles. The highest BCUT2D eigenvalue weighted by molar-refractivity contribution is 5.77. The Balaban J connectivity index is 2.00. The van der Waals surface area contributed by atoms with Crippen molar-refractivity contribution in [2.24, 2.45) is 0 Å². The summed E-state index contributed by atoms with van der Waals surface area (Å²) in [5.41, 5.74) is 4.04. The molecule has 1 heterocycles. The third-order valence-corrected chi connectivity index (χ3v) is 3.31. The van der Waals surface area contributed by atoms with E-state index in [2.05, 4.69) is 4.57 Å². The monoisotopic (exact) mass is 257 g/mol. The maximum Gasteiger partial charge on any atom is 0.151 e. The molecule has 2 rings (SSSR count). The van der Waals surface area contributed by atoms with Gasteiger partial charge in [0.1, 0.15) is 12.4 Å². The number of hydrogen-bond acceptors (Lipinski definition) is 2. The number of carbonyl (C=O) groups excluding carboxylic acids is 1. The fourth-order valence-corrected chi connectivity index (χ4v) is 2.25. The van der Waals surface area contributed by atoms with E-state index in [0.29, 0.717) is 6.61 Å². The zero-order valence-electron chi connectivity index (χ0n) is 11.6. The van der Waals surface area contributed by atoms with Gasteiger partial charge in [0.15, 0.2) is 6.29 Å². The zero-order chi connectivity index (χ0) is 13.8. The van der Waals surface area contributed by atoms with Gasteiger partial charge in [-0.25, -0.2) is 0 Å². The van der Waals surface area contributed by atoms with E-state index >= 15 is 0 Å². The van der Waals surface area contributed by atoms with Crippen LogP contribution < -0.4 is 4.74 Å². The SMILES string of the molecule is Cc1cccc(OCCn2c(C)cc(C=O)c2C)c1. The molecule has 2 aromatic rings. The van der Waals surface area contributed by atoms with Crippen molar-refractivity contribution in [3.8, 4) is 5.75 Å². The summed E-state index contributed by atoms with van der Waals surface area (Å²) in [5.74, 6) is 0.887. The van der Waals surface area contributed by atoms with Crippen molar-refractivity contribution in [2.75, 3.05) is 6.61 Å². The van der Waals surface area contributed by atoms with Crippen LogP contribution in [-0.4, -0.2) is 17.5 Å². The van der Waals surface area contributed by atoms with E-state index in [1.54, 1.807) is 0 Å². The second-order valence-electron chi connectivity index (χ2n) is 4.76. The Morgan fingerprint density at radius 1 is 1.21 bits per heavy atom. The van der Waals surface area contributed by atoms with Crippen LogP contribution in [0.1, 0.15) is 27.3 Å². The predicted octanol–water partition coefficient (Wildman–Crippen LogP) is 3.30. The van der Waals surface area contributed by atoms with Gasteiger partial charge in [0.2, 0.25) is 0 Å². The van der Waals surface area contributed by atoms with Gasteiger partial charge in [0.05, 0.1) is 6.54 Å². The van der Waals surface area contributed by atoms with Gasteiger partial charge < -0.3 is 9.30 Å². The lowest BCUT2D eigenvalue weighted by Gasteiger charge is -2.11. The summed E-state index contributed by atoms with van der Waals surface area (Å²) in [5, 5.41) is 0. The number of rotatable bonds is 5. The topological polar surface area (TPSA) is 31.2 Å². The van der Waals surface area contributed by atoms with Gasteiger partial charge in [-0.15, -0.1) is 0 Å². The number of hydrogen-bond donors (Lipinski definition) is 0. The quantitative estimate of drug-likeness (QED) is 0.769. The first-order chi connectivity index (χ1) is 9.11. The van der Waals surface area contributed by atoms with Crippen LogP contribution in [-0.2, 0) is 6.54 Å². The van der Waals surface area contributed by atoms with Crippen LogP contribution in [0.15, 0.2) is 30.3 Å². The van der Waals surface area contributed by atoms with Crippen LogP contribution in [0.2, 0.25) is 0 Å². The lowest BCUT2D eigenvalue weighted by Crippen LogP contribution is -2.11. The smallest absolute Gasteiger partial charge is 0.151 e. The lowest BCUT2D eigenvalue weighted by atomic mass is 10.2. The van der Waals surface area contributed by atoms with E-state index in [1.807, 2.05) is 51.1 Å². The van der Waals surface area contributed by atoms with Gasteiger partial charge in [0.25, 0.3) is 0 Å². The van der Waals surface area contributed by atoms with E-state index in [-0.39, 0.29) is 0 Å². The van der Waals surface area contributed by atoms with Crippen LogP contribution in [0.3, 0.4) is 0 Å². The average Bonchev–Trinajstić information content (AvgIpc) is 2.66. The molecular weight excluding hydrogens is 238 g/mol. The van der Waals surface area contributed by atoms with E-state index in [4.69, 9.17) is 4.74 Å². The first kappa shape index (κ1) is 13.4. The van der Waals surface area contributed by atoms with E-state index < -0.39 is 0 Å².